The average molecular weight is 155 g/mol. The summed E-state index contributed by atoms with van der Waals surface area (Å²) >= 11 is 0. The summed E-state index contributed by atoms with van der Waals surface area (Å²) in [5, 5.41) is 8.29. The first kappa shape index (κ1) is 8.51. The topological polar surface area (TPSA) is 42.2 Å². The highest BCUT2D eigenvalue weighted by molar-refractivity contribution is 4.73. The Bertz CT molecular complexity index is 156. The second-order valence-corrected chi connectivity index (χ2v) is 2.84. The lowest BCUT2D eigenvalue weighted by atomic mass is 10.1. The molecule has 0 unspecified atom stereocenters. The van der Waals surface area contributed by atoms with Crippen LogP contribution in [0.3, 0.4) is 0 Å². The monoisotopic (exact) mass is 155 g/mol. The van der Waals surface area contributed by atoms with E-state index in [9.17, 15) is 0 Å². The second-order valence-electron chi connectivity index (χ2n) is 2.84. The maximum Gasteiger partial charge on any atom is 0.165 e. The maximum atomic E-state index is 8.29. The molecule has 0 radical (unpaired) electrons. The Morgan fingerprint density at radius 1 is 1.45 bits per heavy atom. The first-order chi connectivity index (χ1) is 5.27. The van der Waals surface area contributed by atoms with Crippen molar-refractivity contribution in [1.82, 2.24) is 0 Å². The van der Waals surface area contributed by atoms with Crippen molar-refractivity contribution in [3.63, 3.8) is 0 Å². The highest BCUT2D eigenvalue weighted by atomic mass is 16.7. The number of nitriles is 1. The van der Waals surface area contributed by atoms with E-state index >= 15 is 0 Å². The van der Waals surface area contributed by atoms with E-state index in [1.165, 1.54) is 0 Å². The van der Waals surface area contributed by atoms with Crippen molar-refractivity contribution in [1.29, 1.82) is 5.26 Å². The van der Waals surface area contributed by atoms with Crippen molar-refractivity contribution in [3.8, 4) is 6.07 Å². The highest BCUT2D eigenvalue weighted by Crippen LogP contribution is 2.24. The molecule has 0 atom stereocenters. The molecule has 1 rings (SSSR count). The molecule has 0 saturated carbocycles. The first-order valence-corrected chi connectivity index (χ1v) is 3.92. The largest absolute Gasteiger partial charge is 0.348 e. The molecule has 0 spiro atoms. The zero-order chi connectivity index (χ0) is 8.16. The van der Waals surface area contributed by atoms with Crippen LogP contribution in [0.25, 0.3) is 0 Å². The quantitative estimate of drug-likeness (QED) is 0.579. The molecular formula is C8H13NO2. The standard InChI is InChI=1S/C8H13NO2/c1-8(4-2-3-5-9)10-6-7-11-8/h2-4,6-7H2,1H3. The molecule has 0 N–H and O–H groups in total. The van der Waals surface area contributed by atoms with E-state index < -0.39 is 5.79 Å². The summed E-state index contributed by atoms with van der Waals surface area (Å²) in [4.78, 5) is 0. The zero-order valence-electron chi connectivity index (χ0n) is 6.80. The molecule has 1 aliphatic heterocycles. The molecule has 1 heterocycles. The number of rotatable bonds is 3. The fraction of sp³-hybridized carbons (Fsp3) is 0.875. The van der Waals surface area contributed by atoms with Crippen LogP contribution >= 0.6 is 0 Å². The summed E-state index contributed by atoms with van der Waals surface area (Å²) in [6.45, 7) is 3.30. The summed E-state index contributed by atoms with van der Waals surface area (Å²) in [5.74, 6) is -0.406. The predicted molar refractivity (Wildman–Crippen MR) is 39.8 cm³/mol. The first-order valence-electron chi connectivity index (χ1n) is 3.92. The third-order valence-electron chi connectivity index (χ3n) is 1.82. The summed E-state index contributed by atoms with van der Waals surface area (Å²) < 4.78 is 10.7. The predicted octanol–water partition coefficient (Wildman–Crippen LogP) is 1.44. The molecule has 1 aliphatic rings. The number of hydrogen-bond acceptors (Lipinski definition) is 3. The van der Waals surface area contributed by atoms with Crippen LogP contribution in [0.1, 0.15) is 26.2 Å². The number of nitrogens with zero attached hydrogens (tertiary/aromatic N) is 1. The molecule has 0 aromatic rings. The number of unbranched alkanes of at least 4 members (excludes halogenated alkanes) is 1. The maximum absolute atomic E-state index is 8.29. The summed E-state index contributed by atoms with van der Waals surface area (Å²) in [6, 6.07) is 2.10. The molecule has 11 heavy (non-hydrogen) atoms. The van der Waals surface area contributed by atoms with Crippen molar-refractivity contribution in [3.05, 3.63) is 0 Å². The molecule has 0 aliphatic carbocycles. The Morgan fingerprint density at radius 3 is 2.64 bits per heavy atom. The van der Waals surface area contributed by atoms with Crippen LogP contribution in [0.2, 0.25) is 0 Å². The summed E-state index contributed by atoms with van der Waals surface area (Å²) in [6.07, 6.45) is 2.26. The van der Waals surface area contributed by atoms with Crippen LogP contribution in [-0.4, -0.2) is 19.0 Å². The second kappa shape index (κ2) is 3.70. The van der Waals surface area contributed by atoms with E-state index in [0.29, 0.717) is 19.6 Å². The SMILES string of the molecule is CC1(CCCC#N)OCCO1. The molecule has 0 amide bonds. The number of ether oxygens (including phenoxy) is 2. The van der Waals surface area contributed by atoms with E-state index in [4.69, 9.17) is 14.7 Å². The normalized spacial score (nSPS) is 21.5. The third kappa shape index (κ3) is 2.49. The lowest BCUT2D eigenvalue weighted by molar-refractivity contribution is -0.147. The average Bonchev–Trinajstić information content (AvgIpc) is 2.38. The van der Waals surface area contributed by atoms with Gasteiger partial charge in [-0.1, -0.05) is 0 Å². The van der Waals surface area contributed by atoms with Gasteiger partial charge in [-0.05, 0) is 13.3 Å². The minimum atomic E-state index is -0.406. The number of hydrogen-bond donors (Lipinski definition) is 0. The molecule has 0 aromatic carbocycles. The van der Waals surface area contributed by atoms with Gasteiger partial charge in [0.2, 0.25) is 0 Å². The minimum absolute atomic E-state index is 0.406. The molecule has 1 saturated heterocycles. The van der Waals surface area contributed by atoms with Gasteiger partial charge in [0.25, 0.3) is 0 Å². The van der Waals surface area contributed by atoms with Gasteiger partial charge in [-0.2, -0.15) is 5.26 Å². The van der Waals surface area contributed by atoms with Crippen LogP contribution in [0, 0.1) is 11.3 Å². The van der Waals surface area contributed by atoms with Crippen LogP contribution in [0.15, 0.2) is 0 Å². The zero-order valence-corrected chi connectivity index (χ0v) is 6.80. The van der Waals surface area contributed by atoms with E-state index in [1.54, 1.807) is 0 Å². The molecular weight excluding hydrogens is 142 g/mol. The molecule has 0 bridgehead atoms. The molecule has 1 fully saturated rings. The lowest BCUT2D eigenvalue weighted by Gasteiger charge is -2.21. The molecule has 3 nitrogen and oxygen atoms in total. The molecule has 0 aromatic heterocycles. The Hall–Kier alpha value is -0.590. The van der Waals surface area contributed by atoms with Gasteiger partial charge >= 0.3 is 0 Å². The fourth-order valence-corrected chi connectivity index (χ4v) is 1.19. The van der Waals surface area contributed by atoms with Crippen molar-refractivity contribution < 1.29 is 9.47 Å². The van der Waals surface area contributed by atoms with Crippen molar-refractivity contribution in [2.24, 2.45) is 0 Å². The van der Waals surface area contributed by atoms with Crippen molar-refractivity contribution >= 4 is 0 Å². The third-order valence-corrected chi connectivity index (χ3v) is 1.82. The van der Waals surface area contributed by atoms with Gasteiger partial charge in [-0.3, -0.25) is 0 Å². The van der Waals surface area contributed by atoms with Gasteiger partial charge < -0.3 is 9.47 Å². The Labute approximate surface area is 66.9 Å². The molecule has 62 valence electrons. The van der Waals surface area contributed by atoms with Crippen molar-refractivity contribution in [2.45, 2.75) is 32.0 Å². The van der Waals surface area contributed by atoms with E-state index in [-0.39, 0.29) is 0 Å². The Balaban J connectivity index is 2.19. The van der Waals surface area contributed by atoms with Gasteiger partial charge in [0.1, 0.15) is 0 Å². The van der Waals surface area contributed by atoms with Gasteiger partial charge in [0.05, 0.1) is 19.3 Å². The minimum Gasteiger partial charge on any atom is -0.348 e. The van der Waals surface area contributed by atoms with Gasteiger partial charge in [-0.15, -0.1) is 0 Å². The Kier molecular flexibility index (Phi) is 2.86. The summed E-state index contributed by atoms with van der Waals surface area (Å²) in [7, 11) is 0. The highest BCUT2D eigenvalue weighted by Gasteiger charge is 2.29. The van der Waals surface area contributed by atoms with E-state index in [0.717, 1.165) is 12.8 Å². The lowest BCUT2D eigenvalue weighted by Crippen LogP contribution is -2.24. The fourth-order valence-electron chi connectivity index (χ4n) is 1.19. The van der Waals surface area contributed by atoms with Crippen LogP contribution < -0.4 is 0 Å². The van der Waals surface area contributed by atoms with Gasteiger partial charge in [0.15, 0.2) is 5.79 Å². The van der Waals surface area contributed by atoms with Gasteiger partial charge in [0, 0.05) is 12.8 Å². The van der Waals surface area contributed by atoms with E-state index in [2.05, 4.69) is 6.07 Å². The Morgan fingerprint density at radius 2 is 2.09 bits per heavy atom. The van der Waals surface area contributed by atoms with Crippen LogP contribution in [0.4, 0.5) is 0 Å². The van der Waals surface area contributed by atoms with Crippen LogP contribution in [0.5, 0.6) is 0 Å². The van der Waals surface area contributed by atoms with Gasteiger partial charge in [-0.25, -0.2) is 0 Å². The summed E-state index contributed by atoms with van der Waals surface area (Å²) in [5.41, 5.74) is 0. The van der Waals surface area contributed by atoms with Crippen molar-refractivity contribution in [2.75, 3.05) is 13.2 Å². The molecule has 3 heteroatoms. The smallest absolute Gasteiger partial charge is 0.165 e. The van der Waals surface area contributed by atoms with E-state index in [1.807, 2.05) is 6.92 Å². The van der Waals surface area contributed by atoms with Crippen LogP contribution in [-0.2, 0) is 9.47 Å².